The van der Waals surface area contributed by atoms with Gasteiger partial charge in [0.05, 0.1) is 5.69 Å². The van der Waals surface area contributed by atoms with Crippen LogP contribution in [0.1, 0.15) is 37.8 Å². The van der Waals surface area contributed by atoms with Crippen molar-refractivity contribution in [3.63, 3.8) is 0 Å². The lowest BCUT2D eigenvalue weighted by Gasteiger charge is -2.22. The Morgan fingerprint density at radius 3 is 2.63 bits per heavy atom. The summed E-state index contributed by atoms with van der Waals surface area (Å²) in [6, 6.07) is 6.62. The standard InChI is InChI=1S/C21H25N5O3S/c1-12(2)11-16(27)23-13(3)19(28)25-18-21(29)26(4)15-8-6-5-7-14(15)17(24-18)20-22-9-10-30-20/h5-10,12-13,18H,11H2,1-4H3,(H,23,27)(H,25,28)/t13-,18?/m0/s1. The molecule has 30 heavy (non-hydrogen) atoms. The first-order chi connectivity index (χ1) is 14.3. The van der Waals surface area contributed by atoms with Crippen LogP contribution < -0.4 is 15.5 Å². The van der Waals surface area contributed by atoms with Crippen LogP contribution in [-0.2, 0) is 14.4 Å². The molecular weight excluding hydrogens is 402 g/mol. The highest BCUT2D eigenvalue weighted by Gasteiger charge is 2.32. The highest BCUT2D eigenvalue weighted by molar-refractivity contribution is 7.12. The van der Waals surface area contributed by atoms with E-state index in [4.69, 9.17) is 0 Å². The van der Waals surface area contributed by atoms with Crippen molar-refractivity contribution in [1.82, 2.24) is 15.6 Å². The predicted molar refractivity (Wildman–Crippen MR) is 117 cm³/mol. The van der Waals surface area contributed by atoms with Crippen molar-refractivity contribution >= 4 is 40.5 Å². The molecule has 0 saturated carbocycles. The first-order valence-electron chi connectivity index (χ1n) is 9.72. The summed E-state index contributed by atoms with van der Waals surface area (Å²) in [6.07, 6.45) is 0.865. The smallest absolute Gasteiger partial charge is 0.272 e. The van der Waals surface area contributed by atoms with Gasteiger partial charge in [0.25, 0.3) is 5.91 Å². The number of benzene rings is 1. The van der Waals surface area contributed by atoms with Gasteiger partial charge in [-0.05, 0) is 18.9 Å². The minimum atomic E-state index is -1.13. The van der Waals surface area contributed by atoms with Crippen LogP contribution in [0.5, 0.6) is 0 Å². The lowest BCUT2D eigenvalue weighted by atomic mass is 10.1. The zero-order valence-corrected chi connectivity index (χ0v) is 18.2. The van der Waals surface area contributed by atoms with Crippen molar-refractivity contribution in [3.8, 4) is 0 Å². The third-order valence-electron chi connectivity index (χ3n) is 4.62. The molecule has 0 spiro atoms. The number of likely N-dealkylation sites (N-methyl/N-ethyl adjacent to an activating group) is 1. The molecule has 3 rings (SSSR count). The number of amides is 3. The first kappa shape index (κ1) is 21.6. The average Bonchev–Trinajstić information content (AvgIpc) is 3.20. The van der Waals surface area contributed by atoms with Gasteiger partial charge in [-0.2, -0.15) is 0 Å². The van der Waals surface area contributed by atoms with Gasteiger partial charge in [-0.15, -0.1) is 11.3 Å². The van der Waals surface area contributed by atoms with Gasteiger partial charge >= 0.3 is 0 Å². The van der Waals surface area contributed by atoms with Crippen molar-refractivity contribution in [1.29, 1.82) is 0 Å². The fraction of sp³-hybridized carbons (Fsp3) is 0.381. The fourth-order valence-corrected chi connectivity index (χ4v) is 3.77. The number of hydrogen-bond donors (Lipinski definition) is 2. The summed E-state index contributed by atoms with van der Waals surface area (Å²) in [4.78, 5) is 48.1. The number of rotatable bonds is 6. The molecule has 2 heterocycles. The van der Waals surface area contributed by atoms with Gasteiger partial charge in [0.1, 0.15) is 16.8 Å². The Morgan fingerprint density at radius 1 is 1.23 bits per heavy atom. The third kappa shape index (κ3) is 4.73. The van der Waals surface area contributed by atoms with E-state index in [0.717, 1.165) is 5.56 Å². The Morgan fingerprint density at radius 2 is 1.97 bits per heavy atom. The number of aromatic nitrogens is 1. The number of aliphatic imine (C=N–C) groups is 1. The maximum Gasteiger partial charge on any atom is 0.272 e. The molecule has 1 aromatic carbocycles. The summed E-state index contributed by atoms with van der Waals surface area (Å²) < 4.78 is 0. The second-order valence-corrected chi connectivity index (χ2v) is 8.42. The second kappa shape index (κ2) is 9.17. The van der Waals surface area contributed by atoms with Crippen molar-refractivity contribution in [2.24, 2.45) is 10.9 Å². The molecule has 3 amide bonds. The van der Waals surface area contributed by atoms with E-state index in [1.165, 1.54) is 16.2 Å². The zero-order chi connectivity index (χ0) is 21.8. The Bertz CT molecular complexity index is 971. The third-order valence-corrected chi connectivity index (χ3v) is 5.40. The van der Waals surface area contributed by atoms with E-state index in [1.54, 1.807) is 20.2 Å². The minimum Gasteiger partial charge on any atom is -0.345 e. The number of para-hydroxylation sites is 1. The molecule has 2 aromatic rings. The maximum absolute atomic E-state index is 13.0. The van der Waals surface area contributed by atoms with Crippen LogP contribution in [-0.4, -0.2) is 47.7 Å². The monoisotopic (exact) mass is 427 g/mol. The van der Waals surface area contributed by atoms with Gasteiger partial charge in [-0.25, -0.2) is 9.98 Å². The SMILES string of the molecule is CC(C)CC(=O)N[C@@H](C)C(=O)NC1N=C(c2nccs2)c2ccccc2N(C)C1=O. The Balaban J connectivity index is 1.87. The van der Waals surface area contributed by atoms with Gasteiger partial charge in [0.15, 0.2) is 0 Å². The highest BCUT2D eigenvalue weighted by atomic mass is 32.1. The molecule has 0 radical (unpaired) electrons. The first-order valence-corrected chi connectivity index (χ1v) is 10.6. The van der Waals surface area contributed by atoms with E-state index < -0.39 is 18.1 Å². The Labute approximate surface area is 179 Å². The van der Waals surface area contributed by atoms with Crippen molar-refractivity contribution in [2.75, 3.05) is 11.9 Å². The Kier molecular flexibility index (Phi) is 6.61. The quantitative estimate of drug-likeness (QED) is 0.735. The molecule has 0 bridgehead atoms. The largest absolute Gasteiger partial charge is 0.345 e. The van der Waals surface area contributed by atoms with Crippen molar-refractivity contribution in [3.05, 3.63) is 46.4 Å². The molecule has 8 nitrogen and oxygen atoms in total. The van der Waals surface area contributed by atoms with Crippen LogP contribution in [0.15, 0.2) is 40.8 Å². The van der Waals surface area contributed by atoms with Gasteiger partial charge < -0.3 is 15.5 Å². The van der Waals surface area contributed by atoms with Crippen LogP contribution in [0, 0.1) is 5.92 Å². The normalized spacial score (nSPS) is 17.1. The molecule has 0 aliphatic carbocycles. The van der Waals surface area contributed by atoms with E-state index in [-0.39, 0.29) is 17.7 Å². The summed E-state index contributed by atoms with van der Waals surface area (Å²) in [5.41, 5.74) is 1.99. The van der Waals surface area contributed by atoms with E-state index in [0.29, 0.717) is 22.8 Å². The summed E-state index contributed by atoms with van der Waals surface area (Å²) in [5.74, 6) is -0.882. The van der Waals surface area contributed by atoms with Crippen LogP contribution in [0.4, 0.5) is 5.69 Å². The summed E-state index contributed by atoms with van der Waals surface area (Å²) in [7, 11) is 1.65. The van der Waals surface area contributed by atoms with Crippen molar-refractivity contribution in [2.45, 2.75) is 39.4 Å². The van der Waals surface area contributed by atoms with Gasteiger partial charge in [-0.1, -0.05) is 32.0 Å². The summed E-state index contributed by atoms with van der Waals surface area (Å²) >= 11 is 1.40. The topological polar surface area (TPSA) is 104 Å². The van der Waals surface area contributed by atoms with Gasteiger partial charge in [0, 0.05) is 30.6 Å². The summed E-state index contributed by atoms with van der Waals surface area (Å²) in [6.45, 7) is 5.44. The molecule has 2 atom stereocenters. The number of carbonyl (C=O) groups excluding carboxylic acids is 3. The van der Waals surface area contributed by atoms with E-state index >= 15 is 0 Å². The highest BCUT2D eigenvalue weighted by Crippen LogP contribution is 2.27. The fourth-order valence-electron chi connectivity index (χ4n) is 3.12. The molecule has 0 fully saturated rings. The number of anilines is 1. The molecule has 1 aromatic heterocycles. The number of fused-ring (bicyclic) bond motifs is 1. The van der Waals surface area contributed by atoms with Crippen LogP contribution in [0.25, 0.3) is 0 Å². The van der Waals surface area contributed by atoms with Crippen LogP contribution in [0.3, 0.4) is 0 Å². The number of nitrogens with one attached hydrogen (secondary N) is 2. The molecule has 9 heteroatoms. The maximum atomic E-state index is 13.0. The lowest BCUT2D eigenvalue weighted by molar-refractivity contribution is -0.131. The molecule has 0 saturated heterocycles. The van der Waals surface area contributed by atoms with Crippen LogP contribution >= 0.6 is 11.3 Å². The molecule has 1 aliphatic rings. The number of thiazole rings is 1. The zero-order valence-electron chi connectivity index (χ0n) is 17.4. The van der Waals surface area contributed by atoms with Crippen LogP contribution in [0.2, 0.25) is 0 Å². The number of nitrogens with zero attached hydrogens (tertiary/aromatic N) is 3. The average molecular weight is 428 g/mol. The molecule has 158 valence electrons. The summed E-state index contributed by atoms with van der Waals surface area (Å²) in [5, 5.41) is 7.82. The molecular formula is C21H25N5O3S. The number of carbonyl (C=O) groups is 3. The second-order valence-electron chi connectivity index (χ2n) is 7.53. The van der Waals surface area contributed by atoms with E-state index in [1.807, 2.05) is 43.5 Å². The van der Waals surface area contributed by atoms with Gasteiger partial charge in [-0.3, -0.25) is 14.4 Å². The molecule has 1 unspecified atom stereocenters. The number of hydrogen-bond acceptors (Lipinski definition) is 6. The van der Waals surface area contributed by atoms with E-state index in [9.17, 15) is 14.4 Å². The van der Waals surface area contributed by atoms with Crippen molar-refractivity contribution < 1.29 is 14.4 Å². The molecule has 1 aliphatic heterocycles. The predicted octanol–water partition coefficient (Wildman–Crippen LogP) is 1.95. The molecule has 2 N–H and O–H groups in total. The van der Waals surface area contributed by atoms with E-state index in [2.05, 4.69) is 20.6 Å². The Hall–Kier alpha value is -3.07. The minimum absolute atomic E-state index is 0.182. The lowest BCUT2D eigenvalue weighted by Crippen LogP contribution is -2.52. The number of benzodiazepines with no additional fused rings is 1. The van der Waals surface area contributed by atoms with Gasteiger partial charge in [0.2, 0.25) is 18.0 Å².